The third-order valence-corrected chi connectivity index (χ3v) is 3.40. The van der Waals surface area contributed by atoms with Crippen molar-refractivity contribution < 1.29 is 25.2 Å². The molecule has 0 saturated carbocycles. The molecule has 1 aromatic heterocycles. The summed E-state index contributed by atoms with van der Waals surface area (Å²) in [6, 6.07) is 4.28. The van der Waals surface area contributed by atoms with Crippen molar-refractivity contribution in [1.82, 2.24) is 9.97 Å². The summed E-state index contributed by atoms with van der Waals surface area (Å²) in [6.45, 7) is 5.63. The molecule has 0 aliphatic heterocycles. The summed E-state index contributed by atoms with van der Waals surface area (Å²) in [6.07, 6.45) is 0.368. The molecule has 0 radical (unpaired) electrons. The highest BCUT2D eigenvalue weighted by Crippen LogP contribution is 2.25. The van der Waals surface area contributed by atoms with Crippen LogP contribution >= 0.6 is 0 Å². The van der Waals surface area contributed by atoms with Crippen LogP contribution in [0.5, 0.6) is 11.5 Å². The van der Waals surface area contributed by atoms with E-state index in [0.29, 0.717) is 17.7 Å². The Bertz CT molecular complexity index is 716. The Morgan fingerprint density at radius 2 is 1.62 bits per heavy atom. The summed E-state index contributed by atoms with van der Waals surface area (Å²) in [4.78, 5) is 18.6. The second-order valence-electron chi connectivity index (χ2n) is 5.30. The quantitative estimate of drug-likeness (QED) is 0.630. The van der Waals surface area contributed by atoms with Gasteiger partial charge in [0.15, 0.2) is 11.5 Å². The lowest BCUT2D eigenvalue weighted by atomic mass is 10.1. The molecule has 0 spiro atoms. The number of aliphatic hydroxyl groups is 1. The van der Waals surface area contributed by atoms with Crippen molar-refractivity contribution in [3.05, 3.63) is 46.5 Å². The maximum Gasteiger partial charge on any atom is 0.303 e. The summed E-state index contributed by atoms with van der Waals surface area (Å²) in [5.41, 5.74) is 4.00. The Hall–Kier alpha value is -2.67. The zero-order valence-corrected chi connectivity index (χ0v) is 13.9. The van der Waals surface area contributed by atoms with E-state index in [2.05, 4.69) is 9.97 Å². The smallest absolute Gasteiger partial charge is 0.303 e. The highest BCUT2D eigenvalue weighted by atomic mass is 16.4. The molecule has 24 heavy (non-hydrogen) atoms. The highest BCUT2D eigenvalue weighted by Gasteiger charge is 2.03. The van der Waals surface area contributed by atoms with Crippen LogP contribution < -0.4 is 0 Å². The number of aryl methyl sites for hydroxylation is 4. The van der Waals surface area contributed by atoms with Crippen LogP contribution in [0, 0.1) is 20.8 Å². The number of nitrogens with zero attached hydrogens (tertiary/aromatic N) is 2. The van der Waals surface area contributed by atoms with E-state index in [1.54, 1.807) is 6.07 Å². The molecule has 7 heteroatoms. The Labute approximate surface area is 140 Å². The summed E-state index contributed by atoms with van der Waals surface area (Å²) in [7, 11) is 0. The molecule has 130 valence electrons. The topological polar surface area (TPSA) is 124 Å². The molecule has 2 rings (SSSR count). The Morgan fingerprint density at radius 1 is 1.00 bits per heavy atom. The molecule has 0 aliphatic carbocycles. The number of hydrogen-bond acceptors (Lipinski definition) is 6. The fourth-order valence-electron chi connectivity index (χ4n) is 1.89. The maximum atomic E-state index is 10.2. The van der Waals surface area contributed by atoms with Crippen molar-refractivity contribution >= 4 is 5.97 Å². The molecular formula is C17H22N2O5. The van der Waals surface area contributed by atoms with Crippen molar-refractivity contribution in [3.63, 3.8) is 0 Å². The van der Waals surface area contributed by atoms with E-state index in [9.17, 15) is 4.79 Å². The third kappa shape index (κ3) is 5.85. The highest BCUT2D eigenvalue weighted by molar-refractivity contribution is 5.67. The van der Waals surface area contributed by atoms with Gasteiger partial charge in [-0.2, -0.15) is 0 Å². The fraction of sp³-hybridized carbons (Fsp3) is 0.353. The predicted octanol–water partition coefficient (Wildman–Crippen LogP) is 2.01. The van der Waals surface area contributed by atoms with E-state index >= 15 is 0 Å². The lowest BCUT2D eigenvalue weighted by Gasteiger charge is -2.04. The van der Waals surface area contributed by atoms with E-state index in [1.807, 2.05) is 20.8 Å². The van der Waals surface area contributed by atoms with E-state index in [1.165, 1.54) is 12.1 Å². The average Bonchev–Trinajstić information content (AvgIpc) is 2.52. The van der Waals surface area contributed by atoms with E-state index in [-0.39, 0.29) is 24.5 Å². The number of hydrogen-bond donors (Lipinski definition) is 4. The van der Waals surface area contributed by atoms with Gasteiger partial charge in [0.2, 0.25) is 0 Å². The Balaban J connectivity index is 0.000000243. The number of phenolic OH excluding ortho intramolecular Hbond substituents is 2. The van der Waals surface area contributed by atoms with Gasteiger partial charge in [0.25, 0.3) is 0 Å². The monoisotopic (exact) mass is 334 g/mol. The molecule has 1 heterocycles. The molecular weight excluding hydrogens is 312 g/mol. The molecule has 0 bridgehead atoms. The van der Waals surface area contributed by atoms with Gasteiger partial charge in [0, 0.05) is 6.42 Å². The molecule has 0 saturated heterocycles. The van der Waals surface area contributed by atoms with Gasteiger partial charge in [-0.15, -0.1) is 0 Å². The number of carboxylic acid groups (broad SMARTS) is 1. The largest absolute Gasteiger partial charge is 0.504 e. The van der Waals surface area contributed by atoms with Crippen molar-refractivity contribution in [2.45, 2.75) is 40.2 Å². The van der Waals surface area contributed by atoms with Crippen molar-refractivity contribution in [2.24, 2.45) is 0 Å². The van der Waals surface area contributed by atoms with Crippen LogP contribution in [0.4, 0.5) is 0 Å². The first kappa shape index (κ1) is 19.4. The number of aliphatic hydroxyl groups excluding tert-OH is 1. The fourth-order valence-corrected chi connectivity index (χ4v) is 1.89. The second kappa shape index (κ2) is 8.83. The number of carboxylic acids is 1. The first-order valence-corrected chi connectivity index (χ1v) is 7.38. The molecule has 4 N–H and O–H groups in total. The molecule has 0 aliphatic rings. The van der Waals surface area contributed by atoms with E-state index in [4.69, 9.17) is 20.4 Å². The number of phenols is 2. The van der Waals surface area contributed by atoms with Crippen molar-refractivity contribution in [3.8, 4) is 11.5 Å². The van der Waals surface area contributed by atoms with Gasteiger partial charge in [0.05, 0.1) is 29.4 Å². The summed E-state index contributed by atoms with van der Waals surface area (Å²) >= 11 is 0. The van der Waals surface area contributed by atoms with Gasteiger partial charge in [-0.1, -0.05) is 6.07 Å². The minimum absolute atomic E-state index is 0.0181. The van der Waals surface area contributed by atoms with Crippen LogP contribution in [0.25, 0.3) is 0 Å². The molecule has 2 aromatic rings. The molecule has 0 fully saturated rings. The number of aromatic hydroxyl groups is 2. The molecule has 7 nitrogen and oxygen atoms in total. The van der Waals surface area contributed by atoms with Gasteiger partial charge in [0.1, 0.15) is 0 Å². The maximum absolute atomic E-state index is 10.2. The molecule has 0 unspecified atom stereocenters. The lowest BCUT2D eigenvalue weighted by Crippen LogP contribution is -2.01. The first-order valence-electron chi connectivity index (χ1n) is 7.38. The van der Waals surface area contributed by atoms with E-state index < -0.39 is 5.97 Å². The normalized spacial score (nSPS) is 10.0. The SMILES string of the molecule is Cc1nc(C)c(CO)nc1C.O=C(O)CCc1ccc(O)c(O)c1. The van der Waals surface area contributed by atoms with Gasteiger partial charge in [-0.3, -0.25) is 14.8 Å². The van der Waals surface area contributed by atoms with Crippen molar-refractivity contribution in [1.29, 1.82) is 0 Å². The van der Waals surface area contributed by atoms with Gasteiger partial charge in [-0.05, 0) is 44.9 Å². The van der Waals surface area contributed by atoms with Crippen LogP contribution in [0.3, 0.4) is 0 Å². The summed E-state index contributed by atoms with van der Waals surface area (Å²) < 4.78 is 0. The summed E-state index contributed by atoms with van der Waals surface area (Å²) in [5, 5.41) is 35.2. The van der Waals surface area contributed by atoms with Crippen LogP contribution in [-0.2, 0) is 17.8 Å². The predicted molar refractivity (Wildman–Crippen MR) is 87.9 cm³/mol. The van der Waals surface area contributed by atoms with E-state index in [0.717, 1.165) is 17.1 Å². The average molecular weight is 334 g/mol. The Morgan fingerprint density at radius 3 is 2.17 bits per heavy atom. The number of aromatic nitrogens is 2. The number of benzene rings is 1. The van der Waals surface area contributed by atoms with Crippen molar-refractivity contribution in [2.75, 3.05) is 0 Å². The summed E-state index contributed by atoms with van der Waals surface area (Å²) in [5.74, 6) is -1.30. The van der Waals surface area contributed by atoms with Crippen LogP contribution in [0.15, 0.2) is 18.2 Å². The van der Waals surface area contributed by atoms with Gasteiger partial charge in [-0.25, -0.2) is 0 Å². The van der Waals surface area contributed by atoms with Crippen LogP contribution in [-0.4, -0.2) is 36.4 Å². The number of rotatable bonds is 4. The minimum Gasteiger partial charge on any atom is -0.504 e. The molecule has 0 atom stereocenters. The standard InChI is InChI=1S/C9H10O4.C8H12N2O/c10-7-3-1-6(5-8(7)11)2-4-9(12)13;1-5-6(2)10-8(4-11)7(3)9-5/h1,3,5,10-11H,2,4H2,(H,12,13);11H,4H2,1-3H3. The Kier molecular flexibility index (Phi) is 7.13. The van der Waals surface area contributed by atoms with Crippen LogP contribution in [0.2, 0.25) is 0 Å². The van der Waals surface area contributed by atoms with Crippen LogP contribution in [0.1, 0.15) is 34.8 Å². The molecule has 1 aromatic carbocycles. The second-order valence-corrected chi connectivity index (χ2v) is 5.30. The zero-order chi connectivity index (χ0) is 18.3. The number of aliphatic carboxylic acids is 1. The lowest BCUT2D eigenvalue weighted by molar-refractivity contribution is -0.136. The number of carbonyl (C=O) groups is 1. The zero-order valence-electron chi connectivity index (χ0n) is 13.9. The van der Waals surface area contributed by atoms with Gasteiger partial charge >= 0.3 is 5.97 Å². The molecule has 0 amide bonds. The third-order valence-electron chi connectivity index (χ3n) is 3.40. The van der Waals surface area contributed by atoms with Gasteiger partial charge < -0.3 is 20.4 Å². The minimum atomic E-state index is -0.882. The first-order chi connectivity index (χ1) is 11.2.